The molecule has 0 heterocycles. The number of hydrogen-bond acceptors (Lipinski definition) is 3. The molecule has 1 aromatic carbocycles. The van der Waals surface area contributed by atoms with Crippen molar-refractivity contribution < 1.29 is 14.6 Å². The Morgan fingerprint density at radius 3 is 2.88 bits per heavy atom. The van der Waals surface area contributed by atoms with Crippen LogP contribution in [-0.2, 0) is 11.2 Å². The lowest BCUT2D eigenvalue weighted by molar-refractivity contribution is -0.136. The van der Waals surface area contributed by atoms with Gasteiger partial charge in [0.15, 0.2) is 0 Å². The molecule has 0 spiro atoms. The minimum Gasteiger partial charge on any atom is -0.487 e. The molecule has 4 heteroatoms. The second kappa shape index (κ2) is 5.80. The Labute approximate surface area is 94.3 Å². The van der Waals surface area contributed by atoms with Crippen molar-refractivity contribution in [2.24, 2.45) is 0 Å². The van der Waals surface area contributed by atoms with Crippen LogP contribution in [0.15, 0.2) is 30.9 Å². The first-order chi connectivity index (χ1) is 7.63. The van der Waals surface area contributed by atoms with Crippen LogP contribution in [0.3, 0.4) is 0 Å². The number of rotatable bonds is 6. The van der Waals surface area contributed by atoms with Crippen LogP contribution in [0.5, 0.6) is 5.75 Å². The van der Waals surface area contributed by atoms with E-state index in [0.717, 1.165) is 5.56 Å². The fraction of sp³-hybridized carbons (Fsp3) is 0.250. The Morgan fingerprint density at radius 1 is 1.56 bits per heavy atom. The van der Waals surface area contributed by atoms with Crippen LogP contribution < -0.4 is 10.5 Å². The van der Waals surface area contributed by atoms with Crippen LogP contribution in [0.2, 0.25) is 0 Å². The number of aryl methyl sites for hydroxylation is 1. The lowest BCUT2D eigenvalue weighted by Gasteiger charge is -2.08. The summed E-state index contributed by atoms with van der Waals surface area (Å²) >= 11 is 0. The largest absolute Gasteiger partial charge is 0.487 e. The highest BCUT2D eigenvalue weighted by Gasteiger charge is 2.03. The lowest BCUT2D eigenvalue weighted by Crippen LogP contribution is -2.00. The number of nitrogen functional groups attached to an aromatic ring is 1. The number of anilines is 1. The minimum atomic E-state index is -0.814. The van der Waals surface area contributed by atoms with Gasteiger partial charge in [0.2, 0.25) is 0 Å². The molecule has 0 aliphatic rings. The van der Waals surface area contributed by atoms with Crippen molar-refractivity contribution in [3.8, 4) is 5.75 Å². The monoisotopic (exact) mass is 221 g/mol. The van der Waals surface area contributed by atoms with E-state index < -0.39 is 5.97 Å². The number of benzene rings is 1. The minimum absolute atomic E-state index is 0.103. The highest BCUT2D eigenvalue weighted by Crippen LogP contribution is 2.23. The summed E-state index contributed by atoms with van der Waals surface area (Å²) in [6.45, 7) is 3.94. The van der Waals surface area contributed by atoms with Crippen LogP contribution in [0.1, 0.15) is 12.0 Å². The predicted octanol–water partition coefficient (Wildman–Crippen LogP) is 1.85. The molecule has 0 radical (unpaired) electrons. The van der Waals surface area contributed by atoms with Gasteiger partial charge in [-0.3, -0.25) is 4.79 Å². The highest BCUT2D eigenvalue weighted by atomic mass is 16.5. The van der Waals surface area contributed by atoms with Gasteiger partial charge >= 0.3 is 5.97 Å². The van der Waals surface area contributed by atoms with Gasteiger partial charge in [-0.25, -0.2) is 0 Å². The third kappa shape index (κ3) is 3.65. The molecule has 0 saturated heterocycles. The Kier molecular flexibility index (Phi) is 4.39. The summed E-state index contributed by atoms with van der Waals surface area (Å²) in [6, 6.07) is 5.30. The summed E-state index contributed by atoms with van der Waals surface area (Å²) in [7, 11) is 0. The lowest BCUT2D eigenvalue weighted by atomic mass is 10.1. The summed E-state index contributed by atoms with van der Waals surface area (Å²) in [4.78, 5) is 10.4. The van der Waals surface area contributed by atoms with Gasteiger partial charge < -0.3 is 15.6 Å². The second-order valence-electron chi connectivity index (χ2n) is 3.37. The van der Waals surface area contributed by atoms with Crippen molar-refractivity contribution in [2.75, 3.05) is 12.3 Å². The Bertz CT molecular complexity index is 388. The van der Waals surface area contributed by atoms with E-state index in [1.807, 2.05) is 6.07 Å². The number of carboxylic acid groups (broad SMARTS) is 1. The van der Waals surface area contributed by atoms with Crippen LogP contribution in [0, 0.1) is 0 Å². The van der Waals surface area contributed by atoms with Crippen molar-refractivity contribution in [1.29, 1.82) is 0 Å². The summed E-state index contributed by atoms with van der Waals surface area (Å²) in [5, 5.41) is 8.55. The molecule has 3 N–H and O–H groups in total. The average Bonchev–Trinajstić information content (AvgIpc) is 2.25. The van der Waals surface area contributed by atoms with Crippen LogP contribution in [0.25, 0.3) is 0 Å². The van der Waals surface area contributed by atoms with E-state index in [1.165, 1.54) is 0 Å². The van der Waals surface area contributed by atoms with Crippen molar-refractivity contribution in [1.82, 2.24) is 0 Å². The van der Waals surface area contributed by atoms with Crippen molar-refractivity contribution in [2.45, 2.75) is 12.8 Å². The molecule has 0 fully saturated rings. The van der Waals surface area contributed by atoms with E-state index in [2.05, 4.69) is 6.58 Å². The molecule has 16 heavy (non-hydrogen) atoms. The van der Waals surface area contributed by atoms with Gasteiger partial charge in [-0.2, -0.15) is 0 Å². The van der Waals surface area contributed by atoms with Gasteiger partial charge in [-0.15, -0.1) is 0 Å². The maximum absolute atomic E-state index is 10.4. The van der Waals surface area contributed by atoms with Crippen LogP contribution >= 0.6 is 0 Å². The summed E-state index contributed by atoms with van der Waals surface area (Å²) < 4.78 is 5.31. The van der Waals surface area contributed by atoms with E-state index in [4.69, 9.17) is 15.6 Å². The van der Waals surface area contributed by atoms with Gasteiger partial charge in [0.05, 0.1) is 5.69 Å². The average molecular weight is 221 g/mol. The SMILES string of the molecule is C=CCOc1ccc(CCC(=O)O)cc1N. The first-order valence-electron chi connectivity index (χ1n) is 4.97. The van der Waals surface area contributed by atoms with Crippen LogP contribution in [0.4, 0.5) is 5.69 Å². The van der Waals surface area contributed by atoms with Gasteiger partial charge in [0.25, 0.3) is 0 Å². The first-order valence-corrected chi connectivity index (χ1v) is 4.97. The van der Waals surface area contributed by atoms with Crippen molar-refractivity contribution in [3.63, 3.8) is 0 Å². The maximum Gasteiger partial charge on any atom is 0.303 e. The van der Waals surface area contributed by atoms with Crippen LogP contribution in [-0.4, -0.2) is 17.7 Å². The molecule has 0 amide bonds. The van der Waals surface area contributed by atoms with E-state index in [9.17, 15) is 4.79 Å². The van der Waals surface area contributed by atoms with Gasteiger partial charge in [0.1, 0.15) is 12.4 Å². The van der Waals surface area contributed by atoms with E-state index in [0.29, 0.717) is 24.5 Å². The molecule has 0 aliphatic heterocycles. The second-order valence-corrected chi connectivity index (χ2v) is 3.37. The Hall–Kier alpha value is -1.97. The first kappa shape index (κ1) is 12.1. The molecule has 86 valence electrons. The van der Waals surface area contributed by atoms with Gasteiger partial charge in [-0.05, 0) is 24.1 Å². The van der Waals surface area contributed by atoms with E-state index >= 15 is 0 Å². The predicted molar refractivity (Wildman–Crippen MR) is 62.5 cm³/mol. The molecule has 4 nitrogen and oxygen atoms in total. The Balaban J connectivity index is 2.66. The molecular formula is C12H15NO3. The van der Waals surface area contributed by atoms with Crippen molar-refractivity contribution >= 4 is 11.7 Å². The molecule has 0 aromatic heterocycles. The zero-order valence-electron chi connectivity index (χ0n) is 8.98. The fourth-order valence-corrected chi connectivity index (χ4v) is 1.28. The molecule has 0 atom stereocenters. The quantitative estimate of drug-likeness (QED) is 0.568. The third-order valence-corrected chi connectivity index (χ3v) is 2.06. The third-order valence-electron chi connectivity index (χ3n) is 2.06. The number of aliphatic carboxylic acids is 1. The molecule has 0 unspecified atom stereocenters. The zero-order chi connectivity index (χ0) is 12.0. The summed E-state index contributed by atoms with van der Waals surface area (Å²) in [6.07, 6.45) is 2.21. The van der Waals surface area contributed by atoms with Gasteiger partial charge in [-0.1, -0.05) is 18.7 Å². The normalized spacial score (nSPS) is 9.75. The number of hydrogen-bond donors (Lipinski definition) is 2. The van der Waals surface area contributed by atoms with E-state index in [-0.39, 0.29) is 6.42 Å². The fourth-order valence-electron chi connectivity index (χ4n) is 1.28. The summed E-state index contributed by atoms with van der Waals surface area (Å²) in [5.74, 6) is -0.218. The molecular weight excluding hydrogens is 206 g/mol. The maximum atomic E-state index is 10.4. The Morgan fingerprint density at radius 2 is 2.31 bits per heavy atom. The molecule has 0 bridgehead atoms. The number of carboxylic acids is 1. The molecule has 1 rings (SSSR count). The summed E-state index contributed by atoms with van der Waals surface area (Å²) in [5.41, 5.74) is 7.17. The zero-order valence-corrected chi connectivity index (χ0v) is 8.98. The van der Waals surface area contributed by atoms with Crippen molar-refractivity contribution in [3.05, 3.63) is 36.4 Å². The molecule has 1 aromatic rings. The van der Waals surface area contributed by atoms with E-state index in [1.54, 1.807) is 18.2 Å². The number of nitrogens with two attached hydrogens (primary N) is 1. The molecule has 0 aliphatic carbocycles. The van der Waals surface area contributed by atoms with Gasteiger partial charge in [0, 0.05) is 6.42 Å². The molecule has 0 saturated carbocycles. The highest BCUT2D eigenvalue weighted by molar-refractivity contribution is 5.67. The topological polar surface area (TPSA) is 72.5 Å². The standard InChI is InChI=1S/C12H15NO3/c1-2-7-16-11-5-3-9(8-10(11)13)4-6-12(14)15/h2-3,5,8H,1,4,6-7,13H2,(H,14,15). The smallest absolute Gasteiger partial charge is 0.303 e. The number of ether oxygens (including phenoxy) is 1. The number of carbonyl (C=O) groups is 1.